The fourth-order valence-electron chi connectivity index (χ4n) is 1.87. The maximum atomic E-state index is 10.6. The molecule has 6 nitrogen and oxygen atoms in total. The smallest absolute Gasteiger partial charge is 0.313 e. The zero-order valence-corrected chi connectivity index (χ0v) is 14.1. The number of rotatable bonds is 6. The maximum absolute atomic E-state index is 10.6. The maximum Gasteiger partial charge on any atom is 0.313 e. The number of halogens is 1. The van der Waals surface area contributed by atoms with E-state index in [9.17, 15) is 4.79 Å². The highest BCUT2D eigenvalue weighted by molar-refractivity contribution is 9.10. The molecule has 0 saturated heterocycles. The van der Waals surface area contributed by atoms with E-state index in [2.05, 4.69) is 26.1 Å². The second kappa shape index (κ2) is 6.95. The lowest BCUT2D eigenvalue weighted by Gasteiger charge is -2.18. The third-order valence-electron chi connectivity index (χ3n) is 2.79. The lowest BCUT2D eigenvalue weighted by molar-refractivity contribution is -0.133. The van der Waals surface area contributed by atoms with Gasteiger partial charge in [-0.15, -0.1) is 10.2 Å². The Kier molecular flexibility index (Phi) is 5.24. The minimum absolute atomic E-state index is 0.0265. The molecule has 0 amide bonds. The van der Waals surface area contributed by atoms with E-state index < -0.39 is 5.97 Å². The van der Waals surface area contributed by atoms with Crippen molar-refractivity contribution in [2.45, 2.75) is 11.7 Å². The van der Waals surface area contributed by atoms with Crippen molar-refractivity contribution in [2.75, 3.05) is 17.7 Å². The molecule has 1 aromatic heterocycles. The van der Waals surface area contributed by atoms with Crippen molar-refractivity contribution >= 4 is 39.6 Å². The van der Waals surface area contributed by atoms with Gasteiger partial charge in [-0.05, 0) is 17.7 Å². The first kappa shape index (κ1) is 15.8. The number of thioether (sulfide) groups is 1. The Hall–Kier alpha value is -1.54. The summed E-state index contributed by atoms with van der Waals surface area (Å²) in [7, 11) is 3.76. The summed E-state index contributed by atoms with van der Waals surface area (Å²) in [6, 6.07) is 8.05. The second-order valence-corrected chi connectivity index (χ2v) is 6.37. The lowest BCUT2D eigenvalue weighted by atomic mass is 10.2. The molecular formula is C13H15BrN4O2S. The minimum atomic E-state index is -0.868. The van der Waals surface area contributed by atoms with Gasteiger partial charge >= 0.3 is 5.97 Å². The van der Waals surface area contributed by atoms with E-state index in [0.717, 1.165) is 21.8 Å². The van der Waals surface area contributed by atoms with Crippen molar-refractivity contribution in [3.63, 3.8) is 0 Å². The lowest BCUT2D eigenvalue weighted by Crippen LogP contribution is -2.20. The molecule has 0 aliphatic rings. The van der Waals surface area contributed by atoms with Gasteiger partial charge in [-0.1, -0.05) is 39.8 Å². The third kappa shape index (κ3) is 4.21. The molecule has 0 atom stereocenters. The van der Waals surface area contributed by atoms with E-state index in [1.165, 1.54) is 0 Å². The Balaban J connectivity index is 2.09. The van der Waals surface area contributed by atoms with E-state index in [1.807, 2.05) is 43.3 Å². The first-order chi connectivity index (χ1) is 9.97. The number of carboxylic acid groups (broad SMARTS) is 1. The summed E-state index contributed by atoms with van der Waals surface area (Å²) in [4.78, 5) is 12.6. The standard InChI is InChI=1S/C13H15BrN4O2S/c1-17(7-9-4-3-5-10(14)6-9)12-15-16-13(18(12)2)21-8-11(19)20/h3-6H,7-8H2,1-2H3,(H,19,20). The summed E-state index contributed by atoms with van der Waals surface area (Å²) in [6.07, 6.45) is 0. The van der Waals surface area contributed by atoms with Crippen LogP contribution in [0.2, 0.25) is 0 Å². The summed E-state index contributed by atoms with van der Waals surface area (Å²) in [6.45, 7) is 0.689. The van der Waals surface area contributed by atoms with Crippen LogP contribution < -0.4 is 4.90 Å². The van der Waals surface area contributed by atoms with Gasteiger partial charge in [0.15, 0.2) is 5.16 Å². The van der Waals surface area contributed by atoms with Gasteiger partial charge < -0.3 is 10.0 Å². The van der Waals surface area contributed by atoms with E-state index in [4.69, 9.17) is 5.11 Å². The van der Waals surface area contributed by atoms with E-state index in [1.54, 1.807) is 4.57 Å². The van der Waals surface area contributed by atoms with Gasteiger partial charge in [0, 0.05) is 25.1 Å². The van der Waals surface area contributed by atoms with Crippen molar-refractivity contribution in [3.05, 3.63) is 34.3 Å². The average molecular weight is 371 g/mol. The molecule has 0 saturated carbocycles. The molecule has 0 spiro atoms. The second-order valence-electron chi connectivity index (χ2n) is 4.51. The van der Waals surface area contributed by atoms with Crippen LogP contribution in [0.25, 0.3) is 0 Å². The highest BCUT2D eigenvalue weighted by Gasteiger charge is 2.14. The van der Waals surface area contributed by atoms with E-state index >= 15 is 0 Å². The summed E-state index contributed by atoms with van der Waals surface area (Å²) in [5.74, 6) is -0.198. The number of benzene rings is 1. The number of carbonyl (C=O) groups is 1. The molecule has 1 heterocycles. The number of aromatic nitrogens is 3. The molecule has 8 heteroatoms. The predicted molar refractivity (Wildman–Crippen MR) is 85.6 cm³/mol. The number of anilines is 1. The zero-order chi connectivity index (χ0) is 15.4. The van der Waals surface area contributed by atoms with E-state index in [0.29, 0.717) is 17.6 Å². The Morgan fingerprint density at radius 2 is 2.24 bits per heavy atom. The number of carboxylic acids is 1. The Bertz CT molecular complexity index is 647. The van der Waals surface area contributed by atoms with Crippen molar-refractivity contribution in [3.8, 4) is 0 Å². The fraction of sp³-hybridized carbons (Fsp3) is 0.308. The molecule has 2 rings (SSSR count). The highest BCUT2D eigenvalue weighted by atomic mass is 79.9. The van der Waals surface area contributed by atoms with Crippen molar-refractivity contribution in [1.82, 2.24) is 14.8 Å². The van der Waals surface area contributed by atoms with Gasteiger partial charge in [0.25, 0.3) is 0 Å². The number of hydrogen-bond acceptors (Lipinski definition) is 5. The van der Waals surface area contributed by atoms with Crippen LogP contribution in [0.15, 0.2) is 33.9 Å². The highest BCUT2D eigenvalue weighted by Crippen LogP contribution is 2.21. The molecule has 0 bridgehead atoms. The fourth-order valence-corrected chi connectivity index (χ4v) is 2.94. The van der Waals surface area contributed by atoms with Crippen molar-refractivity contribution in [2.24, 2.45) is 7.05 Å². The quantitative estimate of drug-likeness (QED) is 0.787. The van der Waals surface area contributed by atoms with Crippen LogP contribution in [0.5, 0.6) is 0 Å². The monoisotopic (exact) mass is 370 g/mol. The molecule has 0 unspecified atom stereocenters. The van der Waals surface area contributed by atoms with Gasteiger partial charge in [0.1, 0.15) is 0 Å². The molecule has 112 valence electrons. The number of hydrogen-bond donors (Lipinski definition) is 1. The molecule has 0 aliphatic carbocycles. The molecule has 0 fully saturated rings. The predicted octanol–water partition coefficient (Wildman–Crippen LogP) is 2.39. The van der Waals surface area contributed by atoms with Gasteiger partial charge in [-0.2, -0.15) is 0 Å². The topological polar surface area (TPSA) is 71.2 Å². The molecule has 1 aromatic carbocycles. The number of nitrogens with zero attached hydrogens (tertiary/aromatic N) is 4. The SMILES string of the molecule is CN(Cc1cccc(Br)c1)c1nnc(SCC(=O)O)n1C. The molecule has 0 radical (unpaired) electrons. The van der Waals surface area contributed by atoms with Crippen LogP contribution >= 0.6 is 27.7 Å². The molecule has 2 aromatic rings. The average Bonchev–Trinajstić information content (AvgIpc) is 2.77. The van der Waals surface area contributed by atoms with Gasteiger partial charge in [0.2, 0.25) is 5.95 Å². The van der Waals surface area contributed by atoms with Gasteiger partial charge in [-0.25, -0.2) is 0 Å². The van der Waals surface area contributed by atoms with Gasteiger partial charge in [0.05, 0.1) is 5.75 Å². The summed E-state index contributed by atoms with van der Waals surface area (Å²) in [5, 5.41) is 17.5. The molecular weight excluding hydrogens is 356 g/mol. The van der Waals surface area contributed by atoms with Crippen LogP contribution in [0.1, 0.15) is 5.56 Å². The summed E-state index contributed by atoms with van der Waals surface area (Å²) < 4.78 is 2.83. The summed E-state index contributed by atoms with van der Waals surface area (Å²) >= 11 is 4.61. The molecule has 1 N–H and O–H groups in total. The third-order valence-corrected chi connectivity index (χ3v) is 4.29. The van der Waals surface area contributed by atoms with Crippen LogP contribution in [0, 0.1) is 0 Å². The van der Waals surface area contributed by atoms with Crippen LogP contribution in [-0.4, -0.2) is 38.6 Å². The summed E-state index contributed by atoms with van der Waals surface area (Å²) in [5.41, 5.74) is 1.15. The van der Waals surface area contributed by atoms with Gasteiger partial charge in [-0.3, -0.25) is 9.36 Å². The first-order valence-electron chi connectivity index (χ1n) is 6.17. The molecule has 0 aliphatic heterocycles. The largest absolute Gasteiger partial charge is 0.481 e. The Morgan fingerprint density at radius 3 is 2.90 bits per heavy atom. The zero-order valence-electron chi connectivity index (χ0n) is 11.7. The van der Waals surface area contributed by atoms with Crippen molar-refractivity contribution < 1.29 is 9.90 Å². The Morgan fingerprint density at radius 1 is 1.48 bits per heavy atom. The van der Waals surface area contributed by atoms with Crippen LogP contribution in [0.3, 0.4) is 0 Å². The first-order valence-corrected chi connectivity index (χ1v) is 7.95. The van der Waals surface area contributed by atoms with E-state index in [-0.39, 0.29) is 5.75 Å². The molecule has 21 heavy (non-hydrogen) atoms. The Labute approximate surface area is 135 Å². The number of aliphatic carboxylic acids is 1. The van der Waals surface area contributed by atoms with Crippen molar-refractivity contribution in [1.29, 1.82) is 0 Å². The van der Waals surface area contributed by atoms with Crippen LogP contribution in [-0.2, 0) is 18.4 Å². The van der Waals surface area contributed by atoms with Crippen LogP contribution in [0.4, 0.5) is 5.95 Å². The minimum Gasteiger partial charge on any atom is -0.481 e. The normalized spacial score (nSPS) is 10.6.